The molecule has 0 aliphatic rings. The van der Waals surface area contributed by atoms with E-state index in [-0.39, 0.29) is 22.0 Å². The SMILES string of the molecule is C=C(C(C)=O)C(NS(=O)(=O)c1ccc(C)cc1)c1ccc(O)cc1. The number of benzene rings is 2. The minimum Gasteiger partial charge on any atom is -0.508 e. The van der Waals surface area contributed by atoms with E-state index in [1.165, 1.54) is 31.2 Å². The third-order valence-electron chi connectivity index (χ3n) is 3.63. The van der Waals surface area contributed by atoms with Crippen molar-refractivity contribution in [2.45, 2.75) is 24.8 Å². The van der Waals surface area contributed by atoms with Gasteiger partial charge in [0.1, 0.15) is 5.75 Å². The fourth-order valence-corrected chi connectivity index (χ4v) is 3.37. The summed E-state index contributed by atoms with van der Waals surface area (Å²) in [5.74, 6) is -0.271. The molecule has 2 aromatic carbocycles. The number of hydrogen-bond donors (Lipinski definition) is 2. The molecule has 0 heterocycles. The lowest BCUT2D eigenvalue weighted by Crippen LogP contribution is -2.31. The van der Waals surface area contributed by atoms with Crippen molar-refractivity contribution in [1.82, 2.24) is 4.72 Å². The lowest BCUT2D eigenvalue weighted by Gasteiger charge is -2.20. The van der Waals surface area contributed by atoms with Crippen LogP contribution in [0.25, 0.3) is 0 Å². The van der Waals surface area contributed by atoms with Crippen molar-refractivity contribution in [2.75, 3.05) is 0 Å². The van der Waals surface area contributed by atoms with Crippen molar-refractivity contribution in [3.8, 4) is 5.75 Å². The Morgan fingerprint density at radius 1 is 1.08 bits per heavy atom. The second-order valence-corrected chi connectivity index (χ2v) is 7.25. The van der Waals surface area contributed by atoms with Crippen LogP contribution in [0.2, 0.25) is 0 Å². The van der Waals surface area contributed by atoms with E-state index < -0.39 is 16.1 Å². The molecule has 0 amide bonds. The summed E-state index contributed by atoms with van der Waals surface area (Å²) in [4.78, 5) is 11.8. The number of phenols is 1. The summed E-state index contributed by atoms with van der Waals surface area (Å²) in [5, 5.41) is 9.39. The molecule has 126 valence electrons. The Morgan fingerprint density at radius 2 is 1.62 bits per heavy atom. The quantitative estimate of drug-likeness (QED) is 0.789. The van der Waals surface area contributed by atoms with Crippen molar-refractivity contribution in [3.63, 3.8) is 0 Å². The highest BCUT2D eigenvalue weighted by atomic mass is 32.2. The number of phenolic OH excluding ortho intramolecular Hbond substituents is 1. The van der Waals surface area contributed by atoms with E-state index in [0.717, 1.165) is 5.56 Å². The van der Waals surface area contributed by atoms with Crippen LogP contribution in [0.5, 0.6) is 5.75 Å². The van der Waals surface area contributed by atoms with E-state index in [4.69, 9.17) is 0 Å². The largest absolute Gasteiger partial charge is 0.508 e. The van der Waals surface area contributed by atoms with Gasteiger partial charge in [0.05, 0.1) is 10.9 Å². The van der Waals surface area contributed by atoms with Gasteiger partial charge in [-0.05, 0) is 43.7 Å². The number of aryl methyl sites for hydroxylation is 1. The molecule has 0 aliphatic carbocycles. The molecule has 1 unspecified atom stereocenters. The monoisotopic (exact) mass is 345 g/mol. The Balaban J connectivity index is 2.41. The fraction of sp³-hybridized carbons (Fsp3) is 0.167. The number of hydrogen-bond acceptors (Lipinski definition) is 4. The molecule has 0 bridgehead atoms. The van der Waals surface area contributed by atoms with Gasteiger partial charge in [-0.2, -0.15) is 4.72 Å². The van der Waals surface area contributed by atoms with Gasteiger partial charge in [0.25, 0.3) is 0 Å². The molecule has 0 saturated carbocycles. The maximum atomic E-state index is 12.6. The number of carbonyl (C=O) groups excluding carboxylic acids is 1. The Bertz CT molecular complexity index is 853. The summed E-state index contributed by atoms with van der Waals surface area (Å²) in [6, 6.07) is 11.4. The molecule has 5 nitrogen and oxygen atoms in total. The Kier molecular flexibility index (Phi) is 5.21. The summed E-state index contributed by atoms with van der Waals surface area (Å²) in [5.41, 5.74) is 1.58. The number of carbonyl (C=O) groups is 1. The van der Waals surface area contributed by atoms with E-state index >= 15 is 0 Å². The third-order valence-corrected chi connectivity index (χ3v) is 5.07. The molecule has 0 fully saturated rings. The number of aromatic hydroxyl groups is 1. The van der Waals surface area contributed by atoms with Crippen molar-refractivity contribution < 1.29 is 18.3 Å². The molecule has 24 heavy (non-hydrogen) atoms. The molecule has 0 radical (unpaired) electrons. The van der Waals surface area contributed by atoms with Gasteiger partial charge >= 0.3 is 0 Å². The molecule has 0 aromatic heterocycles. The van der Waals surface area contributed by atoms with E-state index in [9.17, 15) is 18.3 Å². The molecule has 2 aromatic rings. The number of nitrogens with one attached hydrogen (secondary N) is 1. The average Bonchev–Trinajstić information content (AvgIpc) is 2.53. The smallest absolute Gasteiger partial charge is 0.241 e. The van der Waals surface area contributed by atoms with Crippen LogP contribution < -0.4 is 4.72 Å². The lowest BCUT2D eigenvalue weighted by molar-refractivity contribution is -0.113. The maximum Gasteiger partial charge on any atom is 0.241 e. The standard InChI is InChI=1S/C18H19NO4S/c1-12-4-10-17(11-5-12)24(22,23)19-18(13(2)14(3)20)15-6-8-16(21)9-7-15/h4-11,18-19,21H,2H2,1,3H3. The first-order chi connectivity index (χ1) is 11.2. The third kappa shape index (κ3) is 4.10. The number of ketones is 1. The Hall–Kier alpha value is -2.44. The van der Waals surface area contributed by atoms with Crippen molar-refractivity contribution >= 4 is 15.8 Å². The van der Waals surface area contributed by atoms with Gasteiger partial charge in [-0.3, -0.25) is 4.79 Å². The van der Waals surface area contributed by atoms with Gasteiger partial charge in [0.2, 0.25) is 10.0 Å². The first-order valence-electron chi connectivity index (χ1n) is 7.28. The van der Waals surface area contributed by atoms with Crippen molar-refractivity contribution in [3.05, 3.63) is 71.8 Å². The minimum absolute atomic E-state index is 0.0485. The summed E-state index contributed by atoms with van der Waals surface area (Å²) >= 11 is 0. The highest BCUT2D eigenvalue weighted by Crippen LogP contribution is 2.25. The summed E-state index contributed by atoms with van der Waals surface area (Å²) in [7, 11) is -3.84. The molecule has 6 heteroatoms. The van der Waals surface area contributed by atoms with Crippen LogP contribution in [0.15, 0.2) is 65.6 Å². The van der Waals surface area contributed by atoms with Crippen LogP contribution in [0.4, 0.5) is 0 Å². The topological polar surface area (TPSA) is 83.5 Å². The van der Waals surface area contributed by atoms with Crippen LogP contribution in [0.1, 0.15) is 24.1 Å². The molecule has 1 atom stereocenters. The number of rotatable bonds is 6. The van der Waals surface area contributed by atoms with Crippen LogP contribution in [-0.4, -0.2) is 19.3 Å². The van der Waals surface area contributed by atoms with E-state index in [1.54, 1.807) is 24.3 Å². The van der Waals surface area contributed by atoms with Crippen molar-refractivity contribution in [1.29, 1.82) is 0 Å². The Labute approximate surface area is 141 Å². The zero-order chi connectivity index (χ0) is 17.9. The molecule has 0 spiro atoms. The minimum atomic E-state index is -3.84. The average molecular weight is 345 g/mol. The van der Waals surface area contributed by atoms with Gasteiger partial charge in [-0.15, -0.1) is 0 Å². The lowest BCUT2D eigenvalue weighted by atomic mass is 9.98. The summed E-state index contributed by atoms with van der Waals surface area (Å²) in [6.45, 7) is 6.90. The molecule has 2 N–H and O–H groups in total. The van der Waals surface area contributed by atoms with E-state index in [1.807, 2.05) is 6.92 Å². The second-order valence-electron chi connectivity index (χ2n) is 5.54. The molecular formula is C18H19NO4S. The van der Waals surface area contributed by atoms with Crippen LogP contribution in [-0.2, 0) is 14.8 Å². The van der Waals surface area contributed by atoms with Gasteiger partial charge in [0.15, 0.2) is 5.78 Å². The van der Waals surface area contributed by atoms with Crippen LogP contribution in [0.3, 0.4) is 0 Å². The summed E-state index contributed by atoms with van der Waals surface area (Å²) in [6.07, 6.45) is 0. The molecule has 2 rings (SSSR count). The predicted molar refractivity (Wildman–Crippen MR) is 92.2 cm³/mol. The van der Waals surface area contributed by atoms with E-state index in [2.05, 4.69) is 11.3 Å². The van der Waals surface area contributed by atoms with Crippen LogP contribution >= 0.6 is 0 Å². The van der Waals surface area contributed by atoms with Crippen molar-refractivity contribution in [2.24, 2.45) is 0 Å². The van der Waals surface area contributed by atoms with E-state index in [0.29, 0.717) is 5.56 Å². The Morgan fingerprint density at radius 3 is 2.12 bits per heavy atom. The first kappa shape index (κ1) is 17.9. The molecule has 0 saturated heterocycles. The molecular weight excluding hydrogens is 326 g/mol. The van der Waals surface area contributed by atoms with Gasteiger partial charge in [-0.25, -0.2) is 8.42 Å². The zero-order valence-electron chi connectivity index (χ0n) is 13.5. The van der Waals surface area contributed by atoms with Gasteiger partial charge in [-0.1, -0.05) is 36.4 Å². The zero-order valence-corrected chi connectivity index (χ0v) is 14.3. The number of Topliss-reactive ketones (excluding diaryl/α,β-unsaturated/α-hetero) is 1. The number of sulfonamides is 1. The summed E-state index contributed by atoms with van der Waals surface area (Å²) < 4.78 is 27.7. The van der Waals surface area contributed by atoms with Gasteiger partial charge < -0.3 is 5.11 Å². The highest BCUT2D eigenvalue weighted by molar-refractivity contribution is 7.89. The highest BCUT2D eigenvalue weighted by Gasteiger charge is 2.25. The van der Waals surface area contributed by atoms with Crippen LogP contribution in [0, 0.1) is 6.92 Å². The maximum absolute atomic E-state index is 12.6. The predicted octanol–water partition coefficient (Wildman–Crippen LogP) is 2.87. The van der Waals surface area contributed by atoms with Gasteiger partial charge in [0, 0.05) is 5.57 Å². The fourth-order valence-electron chi connectivity index (χ4n) is 2.15. The second kappa shape index (κ2) is 6.98. The normalized spacial score (nSPS) is 12.6. The first-order valence-corrected chi connectivity index (χ1v) is 8.76. The molecule has 0 aliphatic heterocycles.